The molecule has 0 atom stereocenters. The number of nitrogens with zero attached hydrogens (tertiary/aromatic N) is 1. The second-order valence-electron chi connectivity index (χ2n) is 9.35. The van der Waals surface area contributed by atoms with Gasteiger partial charge in [-0.05, 0) is 23.7 Å². The second-order valence-corrected chi connectivity index (χ2v) is 9.35. The first kappa shape index (κ1) is 16.4. The Hall–Kier alpha value is -1.45. The molecule has 126 valence electrons. The lowest BCUT2D eigenvalue weighted by Gasteiger charge is -2.49. The van der Waals surface area contributed by atoms with Crippen LogP contribution in [0.3, 0.4) is 0 Å². The van der Waals surface area contributed by atoms with Crippen LogP contribution in [0.5, 0.6) is 0 Å². The Morgan fingerprint density at radius 3 is 1.87 bits per heavy atom. The molecule has 0 amide bonds. The largest absolute Gasteiger partial charge is 0.376 e. The Labute approximate surface area is 138 Å². The van der Waals surface area contributed by atoms with Crippen LogP contribution in [0, 0.1) is 16.2 Å². The minimum absolute atomic E-state index is 0.0229. The maximum absolute atomic E-state index is 12.9. The van der Waals surface area contributed by atoms with E-state index < -0.39 is 5.41 Å². The number of carbonyl (C=O) groups excluding carboxylic acids is 3. The summed E-state index contributed by atoms with van der Waals surface area (Å²) in [4.78, 5) is 40.4. The van der Waals surface area contributed by atoms with Crippen LogP contribution in [-0.2, 0) is 14.4 Å². The average molecular weight is 317 g/mol. The molecule has 3 rings (SSSR count). The van der Waals surface area contributed by atoms with Gasteiger partial charge in [-0.3, -0.25) is 14.4 Å². The molecule has 0 unspecified atom stereocenters. The molecule has 0 saturated heterocycles. The molecular formula is C19H27NO3. The van der Waals surface area contributed by atoms with Crippen LogP contribution in [0.25, 0.3) is 0 Å². The maximum Gasteiger partial charge on any atom is 0.161 e. The van der Waals surface area contributed by atoms with E-state index in [4.69, 9.17) is 0 Å². The zero-order valence-electron chi connectivity index (χ0n) is 14.9. The fourth-order valence-electron chi connectivity index (χ4n) is 4.55. The molecule has 1 saturated carbocycles. The van der Waals surface area contributed by atoms with Crippen LogP contribution in [-0.4, -0.2) is 35.8 Å². The number of hydrogen-bond acceptors (Lipinski definition) is 4. The Kier molecular flexibility index (Phi) is 3.41. The summed E-state index contributed by atoms with van der Waals surface area (Å²) in [6, 6.07) is 0. The van der Waals surface area contributed by atoms with E-state index >= 15 is 0 Å². The van der Waals surface area contributed by atoms with Gasteiger partial charge < -0.3 is 4.90 Å². The molecule has 1 fully saturated rings. The number of ketones is 3. The van der Waals surface area contributed by atoms with Gasteiger partial charge in [0.1, 0.15) is 17.0 Å². The van der Waals surface area contributed by atoms with Crippen molar-refractivity contribution < 1.29 is 14.4 Å². The van der Waals surface area contributed by atoms with E-state index in [1.54, 1.807) is 0 Å². The molecule has 0 aromatic carbocycles. The van der Waals surface area contributed by atoms with Crippen LogP contribution in [0.15, 0.2) is 11.3 Å². The lowest BCUT2D eigenvalue weighted by atomic mass is 9.58. The molecule has 1 heterocycles. The fraction of sp³-hybridized carbons (Fsp3) is 0.737. The van der Waals surface area contributed by atoms with Crippen molar-refractivity contribution in [3.05, 3.63) is 11.3 Å². The minimum Gasteiger partial charge on any atom is -0.376 e. The summed E-state index contributed by atoms with van der Waals surface area (Å²) >= 11 is 0. The molecular weight excluding hydrogens is 290 g/mol. The molecule has 4 nitrogen and oxygen atoms in total. The number of rotatable bonds is 0. The zero-order valence-corrected chi connectivity index (χ0v) is 14.9. The van der Waals surface area contributed by atoms with Gasteiger partial charge in [0.25, 0.3) is 0 Å². The van der Waals surface area contributed by atoms with Crippen molar-refractivity contribution in [1.82, 2.24) is 4.90 Å². The van der Waals surface area contributed by atoms with Crippen LogP contribution in [0.4, 0.5) is 0 Å². The van der Waals surface area contributed by atoms with Crippen LogP contribution < -0.4 is 0 Å². The summed E-state index contributed by atoms with van der Waals surface area (Å²) in [6.45, 7) is 8.59. The molecule has 23 heavy (non-hydrogen) atoms. The number of hydrogen-bond donors (Lipinski definition) is 0. The maximum atomic E-state index is 12.9. The van der Waals surface area contributed by atoms with Crippen molar-refractivity contribution in [2.45, 2.75) is 59.8 Å². The summed E-state index contributed by atoms with van der Waals surface area (Å²) in [6.07, 6.45) is 2.53. The summed E-state index contributed by atoms with van der Waals surface area (Å²) in [5, 5.41) is 0. The fourth-order valence-corrected chi connectivity index (χ4v) is 4.55. The third kappa shape index (κ3) is 2.56. The molecule has 0 bridgehead atoms. The smallest absolute Gasteiger partial charge is 0.161 e. The normalized spacial score (nSPS) is 29.1. The van der Waals surface area contributed by atoms with E-state index in [0.717, 1.165) is 17.7 Å². The van der Waals surface area contributed by atoms with Crippen LogP contribution >= 0.6 is 0 Å². The quantitative estimate of drug-likeness (QED) is 0.645. The predicted octanol–water partition coefficient (Wildman–Crippen LogP) is 2.91. The van der Waals surface area contributed by atoms with E-state index in [9.17, 15) is 14.4 Å². The van der Waals surface area contributed by atoms with Gasteiger partial charge in [-0.1, -0.05) is 27.7 Å². The van der Waals surface area contributed by atoms with Crippen molar-refractivity contribution in [3.8, 4) is 0 Å². The van der Waals surface area contributed by atoms with Crippen LogP contribution in [0.2, 0.25) is 0 Å². The highest BCUT2D eigenvalue weighted by atomic mass is 16.2. The van der Waals surface area contributed by atoms with Gasteiger partial charge in [0.2, 0.25) is 0 Å². The minimum atomic E-state index is -0.986. The third-order valence-corrected chi connectivity index (χ3v) is 5.76. The topological polar surface area (TPSA) is 54.5 Å². The highest BCUT2D eigenvalue weighted by molar-refractivity contribution is 6.12. The lowest BCUT2D eigenvalue weighted by molar-refractivity contribution is -0.150. The molecule has 0 radical (unpaired) electrons. The Morgan fingerprint density at radius 1 is 0.783 bits per heavy atom. The summed E-state index contributed by atoms with van der Waals surface area (Å²) in [5.74, 6) is 0.164. The molecule has 0 aromatic rings. The van der Waals surface area contributed by atoms with E-state index in [1.807, 2.05) is 25.8 Å². The first-order valence-corrected chi connectivity index (χ1v) is 8.49. The molecule has 1 aliphatic heterocycles. The van der Waals surface area contributed by atoms with Crippen molar-refractivity contribution in [2.75, 3.05) is 13.6 Å². The van der Waals surface area contributed by atoms with E-state index in [1.165, 1.54) is 0 Å². The van der Waals surface area contributed by atoms with Gasteiger partial charge in [-0.2, -0.15) is 0 Å². The standard InChI is InChI=1S/C19H27NO3/c1-17(2)7-13-12(14(21)8-17)6-19(11-20(13)5)15(22)9-18(3,4)10-16(19)23/h6-11H2,1-5H3. The first-order chi connectivity index (χ1) is 10.5. The van der Waals surface area contributed by atoms with E-state index in [-0.39, 0.29) is 28.2 Å². The van der Waals surface area contributed by atoms with Crippen molar-refractivity contribution in [2.24, 2.45) is 16.2 Å². The van der Waals surface area contributed by atoms with Crippen molar-refractivity contribution in [1.29, 1.82) is 0 Å². The zero-order chi connectivity index (χ0) is 17.2. The van der Waals surface area contributed by atoms with Crippen molar-refractivity contribution >= 4 is 17.3 Å². The molecule has 3 aliphatic rings. The van der Waals surface area contributed by atoms with Crippen molar-refractivity contribution in [3.63, 3.8) is 0 Å². The van der Waals surface area contributed by atoms with Gasteiger partial charge in [-0.25, -0.2) is 0 Å². The first-order valence-electron chi connectivity index (χ1n) is 8.49. The van der Waals surface area contributed by atoms with Gasteiger partial charge >= 0.3 is 0 Å². The lowest BCUT2D eigenvalue weighted by Crippen LogP contribution is -2.56. The summed E-state index contributed by atoms with van der Waals surface area (Å²) in [5.41, 5.74) is 0.490. The van der Waals surface area contributed by atoms with Gasteiger partial charge in [0.15, 0.2) is 5.78 Å². The second kappa shape index (κ2) is 4.78. The Balaban J connectivity index is 2.01. The average Bonchev–Trinajstić information content (AvgIpc) is 2.36. The van der Waals surface area contributed by atoms with Gasteiger partial charge in [0, 0.05) is 44.1 Å². The molecule has 4 heteroatoms. The van der Waals surface area contributed by atoms with Gasteiger partial charge in [-0.15, -0.1) is 0 Å². The molecule has 0 aromatic heterocycles. The number of allylic oxidation sites excluding steroid dienone is 2. The summed E-state index contributed by atoms with van der Waals surface area (Å²) in [7, 11) is 1.92. The highest BCUT2D eigenvalue weighted by Gasteiger charge is 2.56. The highest BCUT2D eigenvalue weighted by Crippen LogP contribution is 2.50. The molecule has 2 aliphatic carbocycles. The summed E-state index contributed by atoms with van der Waals surface area (Å²) < 4.78 is 0. The monoisotopic (exact) mass is 317 g/mol. The van der Waals surface area contributed by atoms with E-state index in [2.05, 4.69) is 13.8 Å². The molecule has 1 spiro atoms. The van der Waals surface area contributed by atoms with Gasteiger partial charge in [0.05, 0.1) is 0 Å². The Morgan fingerprint density at radius 2 is 1.30 bits per heavy atom. The Bertz CT molecular complexity index is 619. The predicted molar refractivity (Wildman–Crippen MR) is 87.8 cm³/mol. The van der Waals surface area contributed by atoms with E-state index in [0.29, 0.717) is 32.2 Å². The third-order valence-electron chi connectivity index (χ3n) is 5.76. The number of Topliss-reactive ketones (excluding diaryl/α,β-unsaturated/α-hetero) is 3. The molecule has 0 N–H and O–H groups in total. The van der Waals surface area contributed by atoms with Crippen LogP contribution in [0.1, 0.15) is 59.8 Å². The number of carbonyl (C=O) groups is 3. The SMILES string of the molecule is CN1CC2(CC3=C1CC(C)(C)CC3=O)C(=O)CC(C)(C)CC2=O.